The van der Waals surface area contributed by atoms with Crippen molar-refractivity contribution in [3.8, 4) is 6.07 Å². The van der Waals surface area contributed by atoms with Gasteiger partial charge in [0.25, 0.3) is 0 Å². The van der Waals surface area contributed by atoms with Crippen molar-refractivity contribution < 1.29 is 5.11 Å². The maximum atomic E-state index is 8.29. The van der Waals surface area contributed by atoms with Gasteiger partial charge < -0.3 is 5.11 Å². The molecular formula is C11H17N3O. The molecule has 0 saturated carbocycles. The Morgan fingerprint density at radius 1 is 1.27 bits per heavy atom. The molecule has 0 heterocycles. The Morgan fingerprint density at radius 3 is 2.33 bits per heavy atom. The minimum Gasteiger partial charge on any atom is -0.395 e. The van der Waals surface area contributed by atoms with E-state index in [0.29, 0.717) is 12.1 Å². The smallest absolute Gasteiger partial charge is 0.0991 e. The molecule has 4 nitrogen and oxygen atoms in total. The lowest BCUT2D eigenvalue weighted by atomic mass is 10.2. The standard InChI is InChI=1S/C7H5N.C4H12N2O/c8-6-7-4-2-1-3-5-7;1-2-5-6-3-4-7/h1-5H;5-7H,2-4H2,1H3. The Balaban J connectivity index is 0.000000265. The van der Waals surface area contributed by atoms with Gasteiger partial charge in [-0.15, -0.1) is 0 Å². The van der Waals surface area contributed by atoms with E-state index in [9.17, 15) is 0 Å². The van der Waals surface area contributed by atoms with Gasteiger partial charge in [-0.05, 0) is 12.1 Å². The first-order chi connectivity index (χ1) is 7.35. The van der Waals surface area contributed by atoms with Gasteiger partial charge in [0, 0.05) is 13.1 Å². The molecule has 0 aliphatic rings. The van der Waals surface area contributed by atoms with E-state index in [2.05, 4.69) is 10.9 Å². The van der Waals surface area contributed by atoms with Crippen molar-refractivity contribution in [1.82, 2.24) is 10.9 Å². The summed E-state index contributed by atoms with van der Waals surface area (Å²) in [4.78, 5) is 0. The number of aliphatic hydroxyl groups excluding tert-OH is 1. The molecule has 0 saturated heterocycles. The van der Waals surface area contributed by atoms with E-state index in [1.165, 1.54) is 0 Å². The van der Waals surface area contributed by atoms with Crippen LogP contribution in [0.15, 0.2) is 30.3 Å². The minimum atomic E-state index is 0.188. The van der Waals surface area contributed by atoms with Gasteiger partial charge >= 0.3 is 0 Å². The highest BCUT2D eigenvalue weighted by Crippen LogP contribution is 1.93. The van der Waals surface area contributed by atoms with E-state index in [1.807, 2.05) is 31.2 Å². The molecule has 1 aromatic rings. The molecule has 4 heteroatoms. The summed E-state index contributed by atoms with van der Waals surface area (Å²) in [5.74, 6) is 0. The van der Waals surface area contributed by atoms with Crippen molar-refractivity contribution in [3.63, 3.8) is 0 Å². The number of nitrogens with one attached hydrogen (secondary N) is 2. The summed E-state index contributed by atoms with van der Waals surface area (Å²) in [7, 11) is 0. The molecular weight excluding hydrogens is 190 g/mol. The van der Waals surface area contributed by atoms with Crippen molar-refractivity contribution in [2.75, 3.05) is 19.7 Å². The maximum absolute atomic E-state index is 8.29. The lowest BCUT2D eigenvalue weighted by molar-refractivity contribution is 0.284. The monoisotopic (exact) mass is 207 g/mol. The Labute approximate surface area is 90.5 Å². The number of hydrogen-bond donors (Lipinski definition) is 3. The molecule has 0 aromatic heterocycles. The quantitative estimate of drug-likeness (QED) is 0.501. The summed E-state index contributed by atoms with van der Waals surface area (Å²) in [5, 5.41) is 16.5. The van der Waals surface area contributed by atoms with Crippen molar-refractivity contribution in [3.05, 3.63) is 35.9 Å². The fourth-order valence-electron chi connectivity index (χ4n) is 0.782. The molecule has 0 fully saturated rings. The first-order valence-electron chi connectivity index (χ1n) is 4.86. The molecule has 3 N–H and O–H groups in total. The van der Waals surface area contributed by atoms with E-state index in [1.54, 1.807) is 12.1 Å². The zero-order valence-corrected chi connectivity index (χ0v) is 8.90. The highest BCUT2D eigenvalue weighted by molar-refractivity contribution is 5.27. The number of hydrogen-bond acceptors (Lipinski definition) is 4. The van der Waals surface area contributed by atoms with Crippen LogP contribution in [0.1, 0.15) is 12.5 Å². The largest absolute Gasteiger partial charge is 0.395 e. The van der Waals surface area contributed by atoms with Gasteiger partial charge in [0.1, 0.15) is 0 Å². The van der Waals surface area contributed by atoms with Crippen LogP contribution < -0.4 is 10.9 Å². The number of nitrogens with zero attached hydrogens (tertiary/aromatic N) is 1. The predicted octanol–water partition coefficient (Wildman–Crippen LogP) is 0.651. The molecule has 0 spiro atoms. The van der Waals surface area contributed by atoms with Crippen LogP contribution in [0.3, 0.4) is 0 Å². The van der Waals surface area contributed by atoms with Crippen LogP contribution in [0.4, 0.5) is 0 Å². The van der Waals surface area contributed by atoms with Gasteiger partial charge in [-0.25, -0.2) is 0 Å². The third kappa shape index (κ3) is 8.91. The average Bonchev–Trinajstić information content (AvgIpc) is 2.32. The van der Waals surface area contributed by atoms with E-state index in [4.69, 9.17) is 10.4 Å². The second-order valence-corrected chi connectivity index (χ2v) is 2.66. The van der Waals surface area contributed by atoms with Crippen LogP contribution in [0.25, 0.3) is 0 Å². The van der Waals surface area contributed by atoms with Gasteiger partial charge in [-0.1, -0.05) is 25.1 Å². The zero-order valence-electron chi connectivity index (χ0n) is 8.90. The Morgan fingerprint density at radius 2 is 1.93 bits per heavy atom. The van der Waals surface area contributed by atoms with E-state index in [-0.39, 0.29) is 6.61 Å². The highest BCUT2D eigenvalue weighted by Gasteiger charge is 1.79. The fraction of sp³-hybridized carbons (Fsp3) is 0.364. The van der Waals surface area contributed by atoms with Crippen molar-refractivity contribution in [2.45, 2.75) is 6.92 Å². The summed E-state index contributed by atoms with van der Waals surface area (Å²) in [6.45, 7) is 3.69. The summed E-state index contributed by atoms with van der Waals surface area (Å²) in [6, 6.07) is 11.2. The molecule has 82 valence electrons. The van der Waals surface area contributed by atoms with Crippen molar-refractivity contribution in [2.24, 2.45) is 0 Å². The number of benzene rings is 1. The lowest BCUT2D eigenvalue weighted by Crippen LogP contribution is -2.33. The Bertz CT molecular complexity index is 265. The molecule has 15 heavy (non-hydrogen) atoms. The fourth-order valence-corrected chi connectivity index (χ4v) is 0.782. The molecule has 1 rings (SSSR count). The normalized spacial score (nSPS) is 8.60. The summed E-state index contributed by atoms with van der Waals surface area (Å²) in [5.41, 5.74) is 6.34. The van der Waals surface area contributed by atoms with E-state index >= 15 is 0 Å². The summed E-state index contributed by atoms with van der Waals surface area (Å²) < 4.78 is 0. The summed E-state index contributed by atoms with van der Waals surface area (Å²) >= 11 is 0. The van der Waals surface area contributed by atoms with Crippen LogP contribution in [-0.4, -0.2) is 24.8 Å². The van der Waals surface area contributed by atoms with Crippen molar-refractivity contribution in [1.29, 1.82) is 5.26 Å². The number of rotatable bonds is 4. The van der Waals surface area contributed by atoms with Crippen LogP contribution in [0.5, 0.6) is 0 Å². The first-order valence-corrected chi connectivity index (χ1v) is 4.86. The zero-order chi connectivity index (χ0) is 11.4. The third-order valence-electron chi connectivity index (χ3n) is 1.44. The average molecular weight is 207 g/mol. The number of aliphatic hydroxyl groups is 1. The van der Waals surface area contributed by atoms with Gasteiger partial charge in [0.05, 0.1) is 18.2 Å². The summed E-state index contributed by atoms with van der Waals surface area (Å²) in [6.07, 6.45) is 0. The second kappa shape index (κ2) is 10.7. The highest BCUT2D eigenvalue weighted by atomic mass is 16.3. The van der Waals surface area contributed by atoms with Crippen LogP contribution in [0, 0.1) is 11.3 Å². The van der Waals surface area contributed by atoms with Gasteiger partial charge in [-0.2, -0.15) is 5.26 Å². The predicted molar refractivity (Wildman–Crippen MR) is 59.9 cm³/mol. The van der Waals surface area contributed by atoms with Gasteiger partial charge in [-0.3, -0.25) is 10.9 Å². The molecule has 0 aliphatic carbocycles. The molecule has 0 radical (unpaired) electrons. The SMILES string of the molecule is CCNNCCO.N#Cc1ccccc1. The molecule has 0 atom stereocenters. The van der Waals surface area contributed by atoms with Crippen LogP contribution in [-0.2, 0) is 0 Å². The van der Waals surface area contributed by atoms with Gasteiger partial charge in [0.15, 0.2) is 0 Å². The molecule has 0 aliphatic heterocycles. The van der Waals surface area contributed by atoms with Crippen LogP contribution >= 0.6 is 0 Å². The van der Waals surface area contributed by atoms with E-state index < -0.39 is 0 Å². The number of nitriles is 1. The third-order valence-corrected chi connectivity index (χ3v) is 1.44. The molecule has 0 bridgehead atoms. The van der Waals surface area contributed by atoms with E-state index in [0.717, 1.165) is 6.54 Å². The lowest BCUT2D eigenvalue weighted by Gasteiger charge is -1.98. The first kappa shape index (κ1) is 13.6. The van der Waals surface area contributed by atoms with Gasteiger partial charge in [0.2, 0.25) is 0 Å². The molecule has 1 aromatic carbocycles. The topological polar surface area (TPSA) is 68.1 Å². The second-order valence-electron chi connectivity index (χ2n) is 2.66. The van der Waals surface area contributed by atoms with Crippen LogP contribution in [0.2, 0.25) is 0 Å². The molecule has 0 amide bonds. The minimum absolute atomic E-state index is 0.188. The molecule has 0 unspecified atom stereocenters. The maximum Gasteiger partial charge on any atom is 0.0991 e. The van der Waals surface area contributed by atoms with Crippen molar-refractivity contribution >= 4 is 0 Å². The Hall–Kier alpha value is -1.41. The Kier molecular flexibility index (Phi) is 9.67. The number of hydrazine groups is 1.